The lowest BCUT2D eigenvalue weighted by Crippen LogP contribution is -2.72. The van der Waals surface area contributed by atoms with Gasteiger partial charge in [0.1, 0.15) is 17.2 Å². The van der Waals surface area contributed by atoms with E-state index in [1.165, 1.54) is 0 Å². The maximum atomic E-state index is 8.25. The Morgan fingerprint density at radius 1 is 1.17 bits per heavy atom. The minimum atomic E-state index is -1.75. The van der Waals surface area contributed by atoms with Crippen molar-refractivity contribution in [3.8, 4) is 11.5 Å². The van der Waals surface area contributed by atoms with E-state index in [4.69, 9.17) is 36.3 Å². The summed E-state index contributed by atoms with van der Waals surface area (Å²) in [5.41, 5.74) is 11.3. The van der Waals surface area contributed by atoms with Crippen molar-refractivity contribution in [1.29, 1.82) is 0 Å². The van der Waals surface area contributed by atoms with E-state index in [1.807, 2.05) is 0 Å². The highest BCUT2D eigenvalue weighted by Gasteiger charge is 2.01. The second kappa shape index (κ2) is 7.54. The first-order valence-corrected chi connectivity index (χ1v) is 4.58. The van der Waals surface area contributed by atoms with E-state index in [-0.39, 0.29) is 5.96 Å². The molecule has 1 aromatic rings. The van der Waals surface area contributed by atoms with Gasteiger partial charge in [0.2, 0.25) is 0 Å². The van der Waals surface area contributed by atoms with Gasteiger partial charge in [0.05, 0.1) is 19.3 Å². The zero-order chi connectivity index (χ0) is 14.1. The van der Waals surface area contributed by atoms with Crippen LogP contribution >= 0.6 is 0 Å². The molecule has 0 atom stereocenters. The molecule has 100 valence electrons. The number of methoxy groups -OCH3 is 2. The quantitative estimate of drug-likeness (QED) is 0.257. The molecule has 1 rings (SSSR count). The van der Waals surface area contributed by atoms with Crippen LogP contribution in [0, 0.1) is 15.3 Å². The number of guanidine groups is 1. The van der Waals surface area contributed by atoms with E-state index in [9.17, 15) is 0 Å². The molecule has 0 saturated carbocycles. The van der Waals surface area contributed by atoms with E-state index in [1.54, 1.807) is 32.4 Å². The third-order valence-corrected chi connectivity index (χ3v) is 1.64. The number of nitrogens with two attached hydrogens (primary N) is 2. The summed E-state index contributed by atoms with van der Waals surface area (Å²) >= 11 is 0. The Hall–Kier alpha value is -2.71. The van der Waals surface area contributed by atoms with Gasteiger partial charge in [0.25, 0.3) is 0 Å². The Morgan fingerprint density at radius 3 is 1.83 bits per heavy atom. The number of nitrogens with one attached hydrogen (secondary N) is 1. The molecule has 0 heterocycles. The first-order valence-electron chi connectivity index (χ1n) is 4.58. The molecule has 0 aliphatic heterocycles. The highest BCUT2D eigenvalue weighted by atomic mass is 16.9. The van der Waals surface area contributed by atoms with Crippen LogP contribution in [-0.4, -0.2) is 25.3 Å². The highest BCUT2D eigenvalue weighted by Crippen LogP contribution is 2.22. The second-order valence-electron chi connectivity index (χ2n) is 2.91. The average Bonchev–Trinajstić information content (AvgIpc) is 2.26. The van der Waals surface area contributed by atoms with Crippen molar-refractivity contribution < 1.29 is 19.6 Å². The maximum absolute atomic E-state index is 8.25. The van der Waals surface area contributed by atoms with Crippen molar-refractivity contribution >= 4 is 11.6 Å². The molecular weight excluding hydrogens is 244 g/mol. The van der Waals surface area contributed by atoms with Crippen LogP contribution < -0.4 is 25.9 Å². The van der Waals surface area contributed by atoms with Crippen LogP contribution in [0.4, 0.5) is 5.69 Å². The summed E-state index contributed by atoms with van der Waals surface area (Å²) in [4.78, 5) is 11.0. The fraction of sp³-hybridized carbons (Fsp3) is 0.222. The first-order chi connectivity index (χ1) is 8.38. The van der Waals surface area contributed by atoms with Crippen LogP contribution in [0.25, 0.3) is 0 Å². The van der Waals surface area contributed by atoms with Crippen LogP contribution in [-0.2, 0) is 0 Å². The van der Waals surface area contributed by atoms with Crippen molar-refractivity contribution in [3.63, 3.8) is 0 Å². The van der Waals surface area contributed by atoms with Gasteiger partial charge in [0.15, 0.2) is 0 Å². The zero-order valence-corrected chi connectivity index (χ0v) is 9.88. The summed E-state index contributed by atoms with van der Waals surface area (Å²) in [5, 5.41) is 14.8. The van der Waals surface area contributed by atoms with Crippen molar-refractivity contribution in [1.82, 2.24) is 0 Å². The van der Waals surface area contributed by atoms with Crippen LogP contribution in [0.5, 0.6) is 11.5 Å². The van der Waals surface area contributed by atoms with Gasteiger partial charge in [-0.3, -0.25) is 11.5 Å². The third kappa shape index (κ3) is 6.71. The van der Waals surface area contributed by atoms with Crippen LogP contribution in [0.3, 0.4) is 0 Å². The molecule has 0 fully saturated rings. The van der Waals surface area contributed by atoms with Gasteiger partial charge in [-0.05, 0) is 0 Å². The summed E-state index contributed by atoms with van der Waals surface area (Å²) in [6, 6.07) is 5.29. The average molecular weight is 258 g/mol. The molecular formula is C9H14N4O5. The summed E-state index contributed by atoms with van der Waals surface area (Å²) < 4.78 is 10.1. The lowest BCUT2D eigenvalue weighted by atomic mass is 10.3. The topological polar surface area (TPSA) is 151 Å². The lowest BCUT2D eigenvalue weighted by Gasteiger charge is -2.04. The van der Waals surface area contributed by atoms with Gasteiger partial charge in [-0.2, -0.15) is 0 Å². The highest BCUT2D eigenvalue weighted by molar-refractivity contribution is 5.70. The normalized spacial score (nSPS) is 8.56. The summed E-state index contributed by atoms with van der Waals surface area (Å²) in [6.07, 6.45) is 0. The third-order valence-electron chi connectivity index (χ3n) is 1.64. The standard InChI is InChI=1S/C9H13N3O2.NO3/c1-13-7-3-6(12-9(10)11)4-8(5-7)14-2;2-1(3)4/h3-5H,1-2H3,(H4,10,11,12);/q;-1/p+1. The molecule has 0 unspecified atom stereocenters. The predicted octanol–water partition coefficient (Wildman–Crippen LogP) is -1.55. The largest absolute Gasteiger partial charge is 0.496 e. The van der Waals surface area contributed by atoms with Crippen molar-refractivity contribution in [2.45, 2.75) is 0 Å². The van der Waals surface area contributed by atoms with Crippen molar-refractivity contribution in [3.05, 3.63) is 33.5 Å². The van der Waals surface area contributed by atoms with Crippen molar-refractivity contribution in [2.24, 2.45) is 11.5 Å². The van der Waals surface area contributed by atoms with E-state index < -0.39 is 5.09 Å². The Bertz CT molecular complexity index is 405. The molecule has 0 aliphatic rings. The molecule has 0 saturated heterocycles. The first kappa shape index (κ1) is 15.3. The molecule has 5 N–H and O–H groups in total. The smallest absolute Gasteiger partial charge is 0.343 e. The van der Waals surface area contributed by atoms with Crippen molar-refractivity contribution in [2.75, 3.05) is 14.2 Å². The van der Waals surface area contributed by atoms with E-state index in [0.29, 0.717) is 11.5 Å². The Morgan fingerprint density at radius 2 is 1.56 bits per heavy atom. The Kier molecular flexibility index (Phi) is 6.41. The summed E-state index contributed by atoms with van der Waals surface area (Å²) in [6.45, 7) is 0. The fourth-order valence-corrected chi connectivity index (χ4v) is 1.05. The second-order valence-corrected chi connectivity index (χ2v) is 2.91. The molecule has 18 heavy (non-hydrogen) atoms. The molecule has 0 aromatic heterocycles. The predicted molar refractivity (Wildman–Crippen MR) is 63.9 cm³/mol. The van der Waals surface area contributed by atoms with E-state index in [2.05, 4.69) is 4.99 Å². The summed E-state index contributed by atoms with van der Waals surface area (Å²) in [5.74, 6) is 1.47. The Balaban J connectivity index is 0.000000631. The van der Waals surface area contributed by atoms with E-state index >= 15 is 0 Å². The van der Waals surface area contributed by atoms with Crippen LogP contribution in [0.1, 0.15) is 0 Å². The number of rotatable bonds is 3. The molecule has 9 heteroatoms. The molecule has 0 amide bonds. The molecule has 0 bridgehead atoms. The van der Waals surface area contributed by atoms with Crippen LogP contribution in [0.2, 0.25) is 0 Å². The minimum absolute atomic E-state index is 0.125. The van der Waals surface area contributed by atoms with Crippen LogP contribution in [0.15, 0.2) is 18.2 Å². The number of benzene rings is 1. The maximum Gasteiger partial charge on any atom is 0.343 e. The van der Waals surface area contributed by atoms with Gasteiger partial charge >= 0.3 is 5.96 Å². The summed E-state index contributed by atoms with van der Waals surface area (Å²) in [7, 11) is 3.15. The molecule has 1 aromatic carbocycles. The van der Waals surface area contributed by atoms with E-state index in [0.717, 1.165) is 5.69 Å². The molecule has 0 radical (unpaired) electrons. The minimum Gasteiger partial charge on any atom is -0.496 e. The number of hydrogen-bond acceptors (Lipinski definition) is 5. The van der Waals surface area contributed by atoms with Gasteiger partial charge in [-0.25, -0.2) is 4.99 Å². The van der Waals surface area contributed by atoms with Gasteiger partial charge < -0.3 is 24.8 Å². The van der Waals surface area contributed by atoms with Gasteiger partial charge in [-0.15, -0.1) is 0 Å². The lowest BCUT2D eigenvalue weighted by molar-refractivity contribution is -0.402. The molecule has 0 aliphatic carbocycles. The molecule has 0 spiro atoms. The monoisotopic (exact) mass is 258 g/mol. The zero-order valence-electron chi connectivity index (χ0n) is 9.88. The molecule has 9 nitrogen and oxygen atoms in total. The number of ether oxygens (including phenoxy) is 2. The SMILES string of the molecule is COc1cc([NH+]=C(N)N)cc(OC)c1.O=[N+]([O-])[O-]. The fourth-order valence-electron chi connectivity index (χ4n) is 1.05. The number of hydrogen-bond donors (Lipinski definition) is 3. The number of nitrogens with zero attached hydrogens (tertiary/aromatic N) is 1. The Labute approximate surface area is 103 Å². The van der Waals surface area contributed by atoms with Gasteiger partial charge in [-0.1, -0.05) is 0 Å². The van der Waals surface area contributed by atoms with Gasteiger partial charge in [0, 0.05) is 18.2 Å².